The van der Waals surface area contributed by atoms with E-state index >= 15 is 0 Å². The summed E-state index contributed by atoms with van der Waals surface area (Å²) < 4.78 is 13.2. The number of pyridine rings is 1. The molecule has 0 unspecified atom stereocenters. The highest BCUT2D eigenvalue weighted by atomic mass is 35.5. The molecule has 0 N–H and O–H groups in total. The van der Waals surface area contributed by atoms with Crippen molar-refractivity contribution >= 4 is 11.6 Å². The predicted molar refractivity (Wildman–Crippen MR) is 50.2 cm³/mol. The molecule has 3 nitrogen and oxygen atoms in total. The Balaban J connectivity index is 2.55. The Morgan fingerprint density at radius 2 is 2.00 bits per heavy atom. The molecule has 0 saturated heterocycles. The van der Waals surface area contributed by atoms with Crippen LogP contribution in [0, 0.1) is 5.95 Å². The van der Waals surface area contributed by atoms with Crippen LogP contribution in [0.25, 0.3) is 11.3 Å². The van der Waals surface area contributed by atoms with Gasteiger partial charge in [-0.05, 0) is 29.8 Å². The molecule has 2 aromatic rings. The number of hydrogen-bond donors (Lipinski definition) is 0. The average Bonchev–Trinajstić information content (AvgIpc) is 2.18. The molecule has 0 aliphatic heterocycles. The van der Waals surface area contributed by atoms with E-state index in [9.17, 15) is 4.39 Å². The summed E-state index contributed by atoms with van der Waals surface area (Å²) in [5.41, 5.74) is 0.743. The Morgan fingerprint density at radius 1 is 1.14 bits per heavy atom. The van der Waals surface area contributed by atoms with Gasteiger partial charge >= 0.3 is 0 Å². The third kappa shape index (κ3) is 1.70. The van der Waals surface area contributed by atoms with Crippen LogP contribution in [0.15, 0.2) is 30.6 Å². The number of halogens is 2. The van der Waals surface area contributed by atoms with E-state index in [4.69, 9.17) is 11.6 Å². The fraction of sp³-hybridized carbons (Fsp3) is 0. The highest BCUT2D eigenvalue weighted by molar-refractivity contribution is 6.28. The van der Waals surface area contributed by atoms with E-state index in [0.717, 1.165) is 0 Å². The van der Waals surface area contributed by atoms with Gasteiger partial charge in [0.25, 0.3) is 0 Å². The molecular weight excluding hydrogens is 205 g/mol. The molecule has 0 spiro atoms. The number of rotatable bonds is 1. The zero-order valence-electron chi connectivity index (χ0n) is 6.98. The van der Waals surface area contributed by atoms with Crippen LogP contribution in [-0.2, 0) is 0 Å². The van der Waals surface area contributed by atoms with Gasteiger partial charge in [-0.3, -0.25) is 0 Å². The van der Waals surface area contributed by atoms with Crippen molar-refractivity contribution < 1.29 is 4.39 Å². The zero-order chi connectivity index (χ0) is 9.97. The summed E-state index contributed by atoms with van der Waals surface area (Å²) in [4.78, 5) is 11.1. The fourth-order valence-electron chi connectivity index (χ4n) is 1.06. The maximum atomic E-state index is 13.2. The summed E-state index contributed by atoms with van der Waals surface area (Å²) in [6.45, 7) is 0. The summed E-state index contributed by atoms with van der Waals surface area (Å²) in [6.07, 6.45) is 2.85. The first kappa shape index (κ1) is 9.02. The van der Waals surface area contributed by atoms with Gasteiger partial charge in [-0.2, -0.15) is 4.39 Å². The molecule has 14 heavy (non-hydrogen) atoms. The van der Waals surface area contributed by atoms with Crippen molar-refractivity contribution in [3.05, 3.63) is 41.8 Å². The summed E-state index contributed by atoms with van der Waals surface area (Å²) in [5.74, 6) is -0.567. The molecule has 0 fully saturated rings. The lowest BCUT2D eigenvalue weighted by atomic mass is 10.2. The summed E-state index contributed by atoms with van der Waals surface area (Å²) in [5, 5.41) is 0.0887. The molecule has 70 valence electrons. The Morgan fingerprint density at radius 3 is 2.71 bits per heavy atom. The summed E-state index contributed by atoms with van der Waals surface area (Å²) >= 11 is 5.58. The minimum Gasteiger partial charge on any atom is -0.228 e. The summed E-state index contributed by atoms with van der Waals surface area (Å²) in [6, 6.07) is 4.79. The lowest BCUT2D eigenvalue weighted by Crippen LogP contribution is -1.91. The van der Waals surface area contributed by atoms with Crippen molar-refractivity contribution in [3.8, 4) is 11.3 Å². The average molecular weight is 210 g/mol. The maximum absolute atomic E-state index is 13.2. The van der Waals surface area contributed by atoms with Crippen LogP contribution in [-0.4, -0.2) is 15.0 Å². The minimum absolute atomic E-state index is 0.0887. The third-order valence-corrected chi connectivity index (χ3v) is 1.84. The minimum atomic E-state index is -0.567. The van der Waals surface area contributed by atoms with Crippen molar-refractivity contribution in [1.29, 1.82) is 0 Å². The number of aromatic nitrogens is 3. The zero-order valence-corrected chi connectivity index (χ0v) is 7.74. The van der Waals surface area contributed by atoms with E-state index < -0.39 is 5.95 Å². The van der Waals surface area contributed by atoms with Crippen molar-refractivity contribution in [2.45, 2.75) is 0 Å². The molecule has 0 atom stereocenters. The largest absolute Gasteiger partial charge is 0.228 e. The molecule has 0 saturated carbocycles. The molecular formula is C9H5ClFN3. The Hall–Kier alpha value is -1.55. The van der Waals surface area contributed by atoms with E-state index in [0.29, 0.717) is 11.3 Å². The second-order valence-electron chi connectivity index (χ2n) is 2.55. The van der Waals surface area contributed by atoms with Gasteiger partial charge in [0.1, 0.15) is 0 Å². The highest BCUT2D eigenvalue weighted by Crippen LogP contribution is 2.18. The van der Waals surface area contributed by atoms with E-state index in [1.165, 1.54) is 12.4 Å². The predicted octanol–water partition coefficient (Wildman–Crippen LogP) is 2.33. The van der Waals surface area contributed by atoms with Gasteiger partial charge < -0.3 is 0 Å². The maximum Gasteiger partial charge on any atom is 0.222 e. The van der Waals surface area contributed by atoms with Gasteiger partial charge in [0.2, 0.25) is 11.2 Å². The van der Waals surface area contributed by atoms with Crippen molar-refractivity contribution in [2.75, 3.05) is 0 Å². The molecule has 2 rings (SSSR count). The lowest BCUT2D eigenvalue weighted by Gasteiger charge is -2.00. The smallest absolute Gasteiger partial charge is 0.222 e. The van der Waals surface area contributed by atoms with Crippen molar-refractivity contribution in [1.82, 2.24) is 15.0 Å². The van der Waals surface area contributed by atoms with Crippen LogP contribution < -0.4 is 0 Å². The van der Waals surface area contributed by atoms with E-state index in [1.807, 2.05) is 0 Å². The normalized spacial score (nSPS) is 10.1. The molecule has 5 heteroatoms. The topological polar surface area (TPSA) is 38.7 Å². The molecule has 0 bridgehead atoms. The first-order valence-corrected chi connectivity index (χ1v) is 4.24. The van der Waals surface area contributed by atoms with Gasteiger partial charge in [-0.25, -0.2) is 15.0 Å². The van der Waals surface area contributed by atoms with E-state index in [2.05, 4.69) is 15.0 Å². The van der Waals surface area contributed by atoms with E-state index in [-0.39, 0.29) is 5.28 Å². The quantitative estimate of drug-likeness (QED) is 0.535. The van der Waals surface area contributed by atoms with Gasteiger partial charge in [0.05, 0.1) is 11.3 Å². The van der Waals surface area contributed by atoms with Gasteiger partial charge in [0.15, 0.2) is 0 Å². The molecule has 0 aliphatic rings. The molecule has 0 aliphatic carbocycles. The number of nitrogens with zero attached hydrogens (tertiary/aromatic N) is 3. The Kier molecular flexibility index (Phi) is 2.37. The molecule has 2 heterocycles. The van der Waals surface area contributed by atoms with Crippen molar-refractivity contribution in [3.63, 3.8) is 0 Å². The van der Waals surface area contributed by atoms with Crippen LogP contribution in [0.5, 0.6) is 0 Å². The summed E-state index contributed by atoms with van der Waals surface area (Å²) in [7, 11) is 0. The fourth-order valence-corrected chi connectivity index (χ4v) is 1.21. The molecule has 0 amide bonds. The first-order valence-electron chi connectivity index (χ1n) is 3.87. The van der Waals surface area contributed by atoms with Crippen LogP contribution >= 0.6 is 11.6 Å². The van der Waals surface area contributed by atoms with Gasteiger partial charge in [-0.1, -0.05) is 0 Å². The second-order valence-corrected chi connectivity index (χ2v) is 2.89. The standard InChI is InChI=1S/C9H5ClFN3/c10-9-13-5-3-7(14-9)6-2-1-4-12-8(6)11/h1-5H. The van der Waals surface area contributed by atoms with Gasteiger partial charge in [0, 0.05) is 12.4 Å². The lowest BCUT2D eigenvalue weighted by molar-refractivity contribution is 0.587. The Bertz CT molecular complexity index is 461. The molecule has 0 aromatic carbocycles. The molecule has 0 radical (unpaired) electrons. The van der Waals surface area contributed by atoms with Crippen LogP contribution in [0.3, 0.4) is 0 Å². The SMILES string of the molecule is Fc1ncccc1-c1ccnc(Cl)n1. The Labute approximate surface area is 84.6 Å². The highest BCUT2D eigenvalue weighted by Gasteiger charge is 2.06. The third-order valence-electron chi connectivity index (χ3n) is 1.66. The first-order chi connectivity index (χ1) is 6.77. The monoisotopic (exact) mass is 209 g/mol. The van der Waals surface area contributed by atoms with Crippen molar-refractivity contribution in [2.24, 2.45) is 0 Å². The van der Waals surface area contributed by atoms with Gasteiger partial charge in [-0.15, -0.1) is 0 Å². The second kappa shape index (κ2) is 3.67. The van der Waals surface area contributed by atoms with Crippen LogP contribution in [0.1, 0.15) is 0 Å². The van der Waals surface area contributed by atoms with Crippen LogP contribution in [0.2, 0.25) is 5.28 Å². The number of hydrogen-bond acceptors (Lipinski definition) is 3. The van der Waals surface area contributed by atoms with E-state index in [1.54, 1.807) is 18.2 Å². The van der Waals surface area contributed by atoms with Crippen LogP contribution in [0.4, 0.5) is 4.39 Å². The molecule has 2 aromatic heterocycles.